The third kappa shape index (κ3) is 1.13. The van der Waals surface area contributed by atoms with Gasteiger partial charge in [-0.3, -0.25) is 0 Å². The van der Waals surface area contributed by atoms with Crippen LogP contribution >= 0.6 is 0 Å². The van der Waals surface area contributed by atoms with Gasteiger partial charge in [-0.2, -0.15) is 0 Å². The summed E-state index contributed by atoms with van der Waals surface area (Å²) in [4.78, 5) is 11.6. The first-order valence-corrected chi connectivity index (χ1v) is 4.64. The molecule has 74 valence electrons. The number of hydrogen-bond acceptors (Lipinski definition) is 3. The minimum Gasteiger partial charge on any atom is -0.467 e. The molecule has 0 bridgehead atoms. The average molecular weight is 191 g/mol. The normalized spacial score (nSPS) is 24.4. The number of ether oxygens (including phenoxy) is 1. The number of hydrogen-bond donors (Lipinski definition) is 1. The highest BCUT2D eigenvalue weighted by Gasteiger charge is 2.42. The number of methoxy groups -OCH3 is 1. The number of benzene rings is 1. The zero-order chi connectivity index (χ0) is 10.2. The second-order valence-electron chi connectivity index (χ2n) is 3.62. The zero-order valence-corrected chi connectivity index (χ0v) is 8.12. The Hall–Kier alpha value is -1.35. The van der Waals surface area contributed by atoms with Crippen molar-refractivity contribution in [2.75, 3.05) is 7.11 Å². The minimum atomic E-state index is -0.925. The summed E-state index contributed by atoms with van der Waals surface area (Å²) >= 11 is 0. The van der Waals surface area contributed by atoms with E-state index >= 15 is 0 Å². The molecule has 14 heavy (non-hydrogen) atoms. The summed E-state index contributed by atoms with van der Waals surface area (Å²) < 4.78 is 4.73. The van der Waals surface area contributed by atoms with Crippen LogP contribution in [0, 0.1) is 0 Å². The van der Waals surface area contributed by atoms with Crippen LogP contribution in [0.3, 0.4) is 0 Å². The van der Waals surface area contributed by atoms with Gasteiger partial charge in [0, 0.05) is 0 Å². The Balaban J connectivity index is 2.47. The maximum Gasteiger partial charge on any atom is 0.330 e. The van der Waals surface area contributed by atoms with E-state index in [-0.39, 0.29) is 5.97 Å². The molecule has 1 aromatic rings. The molecule has 0 radical (unpaired) electrons. The molecule has 1 aliphatic carbocycles. The molecule has 0 spiro atoms. The van der Waals surface area contributed by atoms with Crippen LogP contribution in [0.15, 0.2) is 24.3 Å². The molecule has 0 saturated heterocycles. The van der Waals surface area contributed by atoms with E-state index in [1.165, 1.54) is 7.11 Å². The van der Waals surface area contributed by atoms with Crippen molar-refractivity contribution < 1.29 is 9.53 Å². The molecule has 2 N–H and O–H groups in total. The third-order valence-electron chi connectivity index (χ3n) is 2.84. The summed E-state index contributed by atoms with van der Waals surface area (Å²) in [5.74, 6) is -0.345. The molecule has 2 rings (SSSR count). The molecule has 0 fully saturated rings. The Kier molecular flexibility index (Phi) is 2.04. The first-order chi connectivity index (χ1) is 6.68. The van der Waals surface area contributed by atoms with Gasteiger partial charge in [0.2, 0.25) is 0 Å². The number of esters is 1. The van der Waals surface area contributed by atoms with Crippen LogP contribution in [0.2, 0.25) is 0 Å². The maximum absolute atomic E-state index is 11.6. The lowest BCUT2D eigenvalue weighted by atomic mass is 9.93. The molecular formula is C11H13NO2. The Labute approximate surface area is 82.9 Å². The number of aryl methyl sites for hydroxylation is 1. The van der Waals surface area contributed by atoms with Gasteiger partial charge in [-0.05, 0) is 24.0 Å². The lowest BCUT2D eigenvalue weighted by molar-refractivity contribution is -0.147. The molecule has 0 amide bonds. The molecule has 1 atom stereocenters. The second-order valence-corrected chi connectivity index (χ2v) is 3.62. The molecular weight excluding hydrogens is 178 g/mol. The van der Waals surface area contributed by atoms with E-state index < -0.39 is 5.54 Å². The molecule has 3 heteroatoms. The first kappa shape index (κ1) is 9.21. The van der Waals surface area contributed by atoms with Crippen molar-refractivity contribution in [1.82, 2.24) is 0 Å². The van der Waals surface area contributed by atoms with Gasteiger partial charge < -0.3 is 10.5 Å². The van der Waals surface area contributed by atoms with Crippen molar-refractivity contribution in [2.24, 2.45) is 5.73 Å². The van der Waals surface area contributed by atoms with Crippen LogP contribution in [-0.4, -0.2) is 13.1 Å². The molecule has 0 aliphatic heterocycles. The Morgan fingerprint density at radius 1 is 1.50 bits per heavy atom. The Morgan fingerprint density at radius 3 is 2.93 bits per heavy atom. The van der Waals surface area contributed by atoms with E-state index in [0.717, 1.165) is 17.5 Å². The summed E-state index contributed by atoms with van der Waals surface area (Å²) in [5.41, 5.74) is 7.19. The quantitative estimate of drug-likeness (QED) is 0.673. The fraction of sp³-hybridized carbons (Fsp3) is 0.364. The summed E-state index contributed by atoms with van der Waals surface area (Å²) in [5, 5.41) is 0. The molecule has 1 aromatic carbocycles. The number of nitrogens with two attached hydrogens (primary N) is 1. The Morgan fingerprint density at radius 2 is 2.21 bits per heavy atom. The molecule has 1 aliphatic rings. The Bertz CT molecular complexity index is 375. The zero-order valence-electron chi connectivity index (χ0n) is 8.12. The topological polar surface area (TPSA) is 52.3 Å². The second kappa shape index (κ2) is 3.10. The summed E-state index contributed by atoms with van der Waals surface area (Å²) in [7, 11) is 1.37. The minimum absolute atomic E-state index is 0.345. The molecule has 3 nitrogen and oxygen atoms in total. The number of carbonyl (C=O) groups excluding carboxylic acids is 1. The van der Waals surface area contributed by atoms with Crippen LogP contribution < -0.4 is 5.73 Å². The van der Waals surface area contributed by atoms with Gasteiger partial charge in [0.1, 0.15) is 5.54 Å². The average Bonchev–Trinajstić information content (AvgIpc) is 2.58. The molecule has 0 unspecified atom stereocenters. The van der Waals surface area contributed by atoms with Crippen LogP contribution in [0.4, 0.5) is 0 Å². The maximum atomic E-state index is 11.6. The van der Waals surface area contributed by atoms with E-state index in [0.29, 0.717) is 6.42 Å². The first-order valence-electron chi connectivity index (χ1n) is 4.64. The smallest absolute Gasteiger partial charge is 0.330 e. The van der Waals surface area contributed by atoms with E-state index in [1.54, 1.807) is 0 Å². The van der Waals surface area contributed by atoms with Crippen LogP contribution in [0.1, 0.15) is 17.5 Å². The van der Waals surface area contributed by atoms with Crippen molar-refractivity contribution >= 4 is 5.97 Å². The highest BCUT2D eigenvalue weighted by atomic mass is 16.5. The van der Waals surface area contributed by atoms with Gasteiger partial charge in [0.05, 0.1) is 7.11 Å². The number of rotatable bonds is 1. The van der Waals surface area contributed by atoms with Gasteiger partial charge in [-0.25, -0.2) is 4.79 Å². The standard InChI is InChI=1S/C11H13NO2/c1-14-10(13)11(12)7-6-8-4-2-3-5-9(8)11/h2-5H,6-7,12H2,1H3/t11-/m1/s1. The lowest BCUT2D eigenvalue weighted by Crippen LogP contribution is -2.43. The summed E-state index contributed by atoms with van der Waals surface area (Å²) in [6.45, 7) is 0. The van der Waals surface area contributed by atoms with Crippen LogP contribution in [0.5, 0.6) is 0 Å². The fourth-order valence-electron chi connectivity index (χ4n) is 2.03. The van der Waals surface area contributed by atoms with Crippen LogP contribution in [0.25, 0.3) is 0 Å². The highest BCUT2D eigenvalue weighted by Crippen LogP contribution is 2.35. The highest BCUT2D eigenvalue weighted by molar-refractivity contribution is 5.83. The van der Waals surface area contributed by atoms with Crippen molar-refractivity contribution in [1.29, 1.82) is 0 Å². The monoisotopic (exact) mass is 191 g/mol. The number of fused-ring (bicyclic) bond motifs is 1. The predicted molar refractivity (Wildman–Crippen MR) is 52.6 cm³/mol. The van der Waals surface area contributed by atoms with Gasteiger partial charge in [-0.15, -0.1) is 0 Å². The largest absolute Gasteiger partial charge is 0.467 e. The van der Waals surface area contributed by atoms with Crippen molar-refractivity contribution in [3.63, 3.8) is 0 Å². The lowest BCUT2D eigenvalue weighted by Gasteiger charge is -2.21. The van der Waals surface area contributed by atoms with Crippen molar-refractivity contribution in [3.8, 4) is 0 Å². The van der Waals surface area contributed by atoms with Gasteiger partial charge in [0.25, 0.3) is 0 Å². The molecule has 0 aromatic heterocycles. The van der Waals surface area contributed by atoms with E-state index in [1.807, 2.05) is 24.3 Å². The van der Waals surface area contributed by atoms with Crippen molar-refractivity contribution in [3.05, 3.63) is 35.4 Å². The van der Waals surface area contributed by atoms with E-state index in [9.17, 15) is 4.79 Å². The summed E-state index contributed by atoms with van der Waals surface area (Å²) in [6, 6.07) is 7.77. The SMILES string of the molecule is COC(=O)[C@@]1(N)CCc2ccccc21. The van der Waals surface area contributed by atoms with Gasteiger partial charge in [-0.1, -0.05) is 24.3 Å². The van der Waals surface area contributed by atoms with Crippen LogP contribution in [-0.2, 0) is 21.5 Å². The van der Waals surface area contributed by atoms with Gasteiger partial charge >= 0.3 is 5.97 Å². The number of carbonyl (C=O) groups is 1. The predicted octanol–water partition coefficient (Wildman–Crippen LogP) is 0.960. The molecule has 0 saturated carbocycles. The summed E-state index contributed by atoms with van der Waals surface area (Å²) in [6.07, 6.45) is 1.49. The molecule has 0 heterocycles. The van der Waals surface area contributed by atoms with E-state index in [4.69, 9.17) is 10.5 Å². The third-order valence-corrected chi connectivity index (χ3v) is 2.84. The fourth-order valence-corrected chi connectivity index (χ4v) is 2.03. The van der Waals surface area contributed by atoms with Crippen molar-refractivity contribution in [2.45, 2.75) is 18.4 Å². The van der Waals surface area contributed by atoms with E-state index in [2.05, 4.69) is 0 Å². The van der Waals surface area contributed by atoms with Gasteiger partial charge in [0.15, 0.2) is 0 Å².